The Morgan fingerprint density at radius 2 is 2.00 bits per heavy atom. The molecule has 0 bridgehead atoms. The molecule has 0 fully saturated rings. The van der Waals surface area contributed by atoms with Crippen LogP contribution >= 0.6 is 23.2 Å². The summed E-state index contributed by atoms with van der Waals surface area (Å²) in [6.07, 6.45) is 0. The number of nitriles is 1. The molecule has 4 heteroatoms. The van der Waals surface area contributed by atoms with E-state index < -0.39 is 0 Å². The van der Waals surface area contributed by atoms with E-state index in [-0.39, 0.29) is 10.7 Å². The van der Waals surface area contributed by atoms with E-state index in [2.05, 4.69) is 0 Å². The van der Waals surface area contributed by atoms with Crippen LogP contribution in [-0.4, -0.2) is 0 Å². The van der Waals surface area contributed by atoms with Crippen LogP contribution in [-0.2, 0) is 0 Å². The van der Waals surface area contributed by atoms with Crippen LogP contribution < -0.4 is 5.73 Å². The predicted octanol–water partition coefficient (Wildman–Crippen LogP) is 2.45. The van der Waals surface area contributed by atoms with Crippen LogP contribution in [0.3, 0.4) is 0 Å². The molecule has 0 aromatic heterocycles. The van der Waals surface area contributed by atoms with E-state index in [1.165, 1.54) is 6.07 Å². The van der Waals surface area contributed by atoms with Gasteiger partial charge in [-0.2, -0.15) is 5.26 Å². The van der Waals surface area contributed by atoms with Gasteiger partial charge in [0.2, 0.25) is 0 Å². The van der Waals surface area contributed by atoms with Crippen molar-refractivity contribution in [2.45, 2.75) is 0 Å². The average molecular weight is 187 g/mol. The fourth-order valence-electron chi connectivity index (χ4n) is 0.656. The van der Waals surface area contributed by atoms with E-state index >= 15 is 0 Å². The molecular weight excluding hydrogens is 183 g/mol. The minimum absolute atomic E-state index is 0.222. The number of rotatable bonds is 0. The smallest absolute Gasteiger partial charge is 0.101 e. The Morgan fingerprint density at radius 1 is 1.36 bits per heavy atom. The molecule has 11 heavy (non-hydrogen) atoms. The lowest BCUT2D eigenvalue weighted by Crippen LogP contribution is -1.89. The number of nitrogens with zero attached hydrogens (tertiary/aromatic N) is 1. The highest BCUT2D eigenvalue weighted by atomic mass is 35.5. The third-order valence-corrected chi connectivity index (χ3v) is 1.98. The van der Waals surface area contributed by atoms with Crippen molar-refractivity contribution in [2.75, 3.05) is 5.73 Å². The van der Waals surface area contributed by atoms with E-state index in [4.69, 9.17) is 34.2 Å². The van der Waals surface area contributed by atoms with Crippen molar-refractivity contribution in [1.82, 2.24) is 0 Å². The van der Waals surface area contributed by atoms with Gasteiger partial charge in [-0.05, 0) is 12.1 Å². The second kappa shape index (κ2) is 3.00. The molecule has 0 heterocycles. The predicted molar refractivity (Wildman–Crippen MR) is 45.6 cm³/mol. The van der Waals surface area contributed by atoms with Gasteiger partial charge >= 0.3 is 0 Å². The molecule has 1 rings (SSSR count). The number of hydrogen-bond acceptors (Lipinski definition) is 2. The van der Waals surface area contributed by atoms with Crippen LogP contribution in [0.4, 0.5) is 5.69 Å². The normalized spacial score (nSPS) is 9.18. The summed E-state index contributed by atoms with van der Waals surface area (Å²) in [4.78, 5) is 0. The van der Waals surface area contributed by atoms with Gasteiger partial charge in [0.15, 0.2) is 0 Å². The van der Waals surface area contributed by atoms with Gasteiger partial charge in [0.25, 0.3) is 0 Å². The Morgan fingerprint density at radius 3 is 2.55 bits per heavy atom. The second-order valence-corrected chi connectivity index (χ2v) is 2.72. The Kier molecular flexibility index (Phi) is 2.23. The summed E-state index contributed by atoms with van der Waals surface area (Å²) in [7, 11) is 0. The van der Waals surface area contributed by atoms with Crippen molar-refractivity contribution in [3.05, 3.63) is 27.7 Å². The molecule has 0 amide bonds. The van der Waals surface area contributed by atoms with Crippen LogP contribution in [0.5, 0.6) is 0 Å². The number of hydrogen-bond donors (Lipinski definition) is 1. The van der Waals surface area contributed by atoms with Gasteiger partial charge in [-0.1, -0.05) is 23.2 Å². The molecule has 0 saturated carbocycles. The summed E-state index contributed by atoms with van der Waals surface area (Å²) in [6, 6.07) is 4.96. The first-order chi connectivity index (χ1) is 5.16. The van der Waals surface area contributed by atoms with E-state index in [1.54, 1.807) is 6.07 Å². The van der Waals surface area contributed by atoms with Crippen LogP contribution in [0.1, 0.15) is 5.56 Å². The van der Waals surface area contributed by atoms with Crippen molar-refractivity contribution in [1.29, 1.82) is 5.26 Å². The SMILES string of the molecule is N#Cc1ccc(Cl)c(N)c1Cl. The van der Waals surface area contributed by atoms with Gasteiger partial charge in [-0.15, -0.1) is 0 Å². The number of nitrogen functional groups attached to an aromatic ring is 1. The monoisotopic (exact) mass is 186 g/mol. The second-order valence-electron chi connectivity index (χ2n) is 1.93. The van der Waals surface area contributed by atoms with Gasteiger partial charge < -0.3 is 5.73 Å². The first-order valence-corrected chi connectivity index (χ1v) is 3.56. The number of halogens is 2. The van der Waals surface area contributed by atoms with Crippen LogP contribution in [0.15, 0.2) is 12.1 Å². The van der Waals surface area contributed by atoms with Crippen molar-refractivity contribution >= 4 is 28.9 Å². The quantitative estimate of drug-likeness (QED) is 0.634. The molecule has 56 valence electrons. The zero-order valence-corrected chi connectivity index (χ0v) is 6.95. The molecule has 0 radical (unpaired) electrons. The van der Waals surface area contributed by atoms with Crippen molar-refractivity contribution in [3.8, 4) is 6.07 Å². The molecule has 0 aliphatic rings. The Balaban J connectivity index is 3.40. The van der Waals surface area contributed by atoms with Gasteiger partial charge in [-0.3, -0.25) is 0 Å². The molecule has 0 aliphatic carbocycles. The minimum Gasteiger partial charge on any atom is -0.396 e. The fourth-order valence-corrected chi connectivity index (χ4v) is 1.07. The summed E-state index contributed by atoms with van der Waals surface area (Å²) in [5.74, 6) is 0. The zero-order chi connectivity index (χ0) is 8.43. The van der Waals surface area contributed by atoms with Crippen molar-refractivity contribution in [2.24, 2.45) is 0 Å². The summed E-state index contributed by atoms with van der Waals surface area (Å²) >= 11 is 11.3. The number of benzene rings is 1. The number of nitrogens with two attached hydrogens (primary N) is 1. The van der Waals surface area contributed by atoms with Gasteiger partial charge in [0, 0.05) is 0 Å². The lowest BCUT2D eigenvalue weighted by atomic mass is 10.2. The summed E-state index contributed by atoms with van der Waals surface area (Å²) in [5, 5.41) is 9.09. The van der Waals surface area contributed by atoms with E-state index in [0.717, 1.165) is 0 Å². The molecule has 1 aromatic carbocycles. The Bertz CT molecular complexity index is 328. The molecule has 2 N–H and O–H groups in total. The minimum atomic E-state index is 0.222. The first kappa shape index (κ1) is 8.19. The largest absolute Gasteiger partial charge is 0.396 e. The highest BCUT2D eigenvalue weighted by Crippen LogP contribution is 2.29. The zero-order valence-electron chi connectivity index (χ0n) is 5.44. The molecule has 0 saturated heterocycles. The standard InChI is InChI=1S/C7H4Cl2N2/c8-5-2-1-4(3-10)6(9)7(5)11/h1-2H,11H2. The number of anilines is 1. The summed E-state index contributed by atoms with van der Waals surface area (Å²) < 4.78 is 0. The lowest BCUT2D eigenvalue weighted by Gasteiger charge is -2.00. The highest BCUT2D eigenvalue weighted by Gasteiger charge is 2.05. The lowest BCUT2D eigenvalue weighted by molar-refractivity contribution is 1.48. The Labute approximate surface area is 74.1 Å². The van der Waals surface area contributed by atoms with Crippen LogP contribution in [0.25, 0.3) is 0 Å². The molecule has 0 unspecified atom stereocenters. The average Bonchev–Trinajstić information content (AvgIpc) is 2.01. The summed E-state index contributed by atoms with van der Waals surface area (Å²) in [6.45, 7) is 0. The molecular formula is C7H4Cl2N2. The Hall–Kier alpha value is -0.910. The van der Waals surface area contributed by atoms with Gasteiger partial charge in [0.1, 0.15) is 6.07 Å². The maximum absolute atomic E-state index is 8.50. The van der Waals surface area contributed by atoms with Gasteiger partial charge in [-0.25, -0.2) is 0 Å². The molecule has 0 atom stereocenters. The van der Waals surface area contributed by atoms with E-state index in [0.29, 0.717) is 10.6 Å². The van der Waals surface area contributed by atoms with E-state index in [9.17, 15) is 0 Å². The molecule has 0 spiro atoms. The van der Waals surface area contributed by atoms with E-state index in [1.807, 2.05) is 6.07 Å². The van der Waals surface area contributed by atoms with Crippen LogP contribution in [0.2, 0.25) is 10.0 Å². The van der Waals surface area contributed by atoms with Crippen molar-refractivity contribution in [3.63, 3.8) is 0 Å². The maximum atomic E-state index is 8.50. The fraction of sp³-hybridized carbons (Fsp3) is 0. The topological polar surface area (TPSA) is 49.8 Å². The molecule has 1 aromatic rings. The van der Waals surface area contributed by atoms with Crippen LogP contribution in [0, 0.1) is 11.3 Å². The summed E-state index contributed by atoms with van der Waals surface area (Å²) in [5.41, 5.74) is 6.04. The highest BCUT2D eigenvalue weighted by molar-refractivity contribution is 6.39. The first-order valence-electron chi connectivity index (χ1n) is 2.80. The third kappa shape index (κ3) is 1.40. The molecule has 0 aliphatic heterocycles. The molecule has 2 nitrogen and oxygen atoms in total. The third-order valence-electron chi connectivity index (χ3n) is 1.25. The maximum Gasteiger partial charge on any atom is 0.101 e. The van der Waals surface area contributed by atoms with Gasteiger partial charge in [0.05, 0.1) is 21.3 Å². The van der Waals surface area contributed by atoms with Crippen molar-refractivity contribution < 1.29 is 0 Å².